The summed E-state index contributed by atoms with van der Waals surface area (Å²) in [7, 11) is 1.74. The van der Waals surface area contributed by atoms with Crippen molar-refractivity contribution in [1.29, 1.82) is 0 Å². The summed E-state index contributed by atoms with van der Waals surface area (Å²) in [6, 6.07) is 0. The summed E-state index contributed by atoms with van der Waals surface area (Å²) in [5, 5.41) is 3.14. The van der Waals surface area contributed by atoms with Crippen LogP contribution < -0.4 is 11.1 Å². The molecule has 12 heavy (non-hydrogen) atoms. The van der Waals surface area contributed by atoms with E-state index in [-0.39, 0.29) is 0 Å². The summed E-state index contributed by atoms with van der Waals surface area (Å²) in [6.45, 7) is 6.58. The predicted molar refractivity (Wildman–Crippen MR) is 54.1 cm³/mol. The molecule has 0 aromatic heterocycles. The molecule has 0 aromatic rings. The van der Waals surface area contributed by atoms with E-state index in [1.807, 2.05) is 6.08 Å². The topological polar surface area (TPSA) is 50.4 Å². The Morgan fingerprint density at radius 2 is 2.25 bits per heavy atom. The third-order valence-electron chi connectivity index (χ3n) is 1.25. The van der Waals surface area contributed by atoms with Crippen LogP contribution in [0.4, 0.5) is 0 Å². The smallest absolute Gasteiger partial charge is 0.120 e. The predicted octanol–water partition coefficient (Wildman–Crippen LogP) is 1.04. The Balaban J connectivity index is 3.92. The maximum absolute atomic E-state index is 5.36. The van der Waals surface area contributed by atoms with E-state index in [0.29, 0.717) is 5.70 Å². The molecule has 3 heteroatoms. The number of hydrogen-bond donors (Lipinski definition) is 2. The Kier molecular flexibility index (Phi) is 5.79. The summed E-state index contributed by atoms with van der Waals surface area (Å²) < 4.78 is 0. The van der Waals surface area contributed by atoms with Crippen LogP contribution in [0.1, 0.15) is 13.3 Å². The SMILES string of the molecule is C=C(N)/C=C\C(=NC)NCCC. The average molecular weight is 167 g/mol. The molecule has 0 aliphatic rings. The molecule has 3 nitrogen and oxygen atoms in total. The minimum atomic E-state index is 0.537. The van der Waals surface area contributed by atoms with Gasteiger partial charge >= 0.3 is 0 Å². The fourth-order valence-corrected chi connectivity index (χ4v) is 0.652. The van der Waals surface area contributed by atoms with Gasteiger partial charge in [-0.2, -0.15) is 0 Å². The van der Waals surface area contributed by atoms with Crippen molar-refractivity contribution in [3.8, 4) is 0 Å². The fraction of sp³-hybridized carbons (Fsp3) is 0.444. The van der Waals surface area contributed by atoms with Crippen LogP contribution in [0.15, 0.2) is 29.4 Å². The van der Waals surface area contributed by atoms with Crippen LogP contribution in [0.5, 0.6) is 0 Å². The molecule has 3 N–H and O–H groups in total. The lowest BCUT2D eigenvalue weighted by molar-refractivity contribution is 0.840. The number of nitrogens with zero attached hydrogens (tertiary/aromatic N) is 1. The van der Waals surface area contributed by atoms with E-state index in [4.69, 9.17) is 5.73 Å². The lowest BCUT2D eigenvalue weighted by Crippen LogP contribution is -2.22. The summed E-state index contributed by atoms with van der Waals surface area (Å²) in [5.74, 6) is 0.837. The van der Waals surface area contributed by atoms with Crippen molar-refractivity contribution in [1.82, 2.24) is 5.32 Å². The van der Waals surface area contributed by atoms with E-state index < -0.39 is 0 Å². The zero-order valence-electron chi connectivity index (χ0n) is 7.80. The van der Waals surface area contributed by atoms with Gasteiger partial charge in [0.15, 0.2) is 0 Å². The highest BCUT2D eigenvalue weighted by molar-refractivity contribution is 5.93. The Morgan fingerprint density at radius 3 is 2.67 bits per heavy atom. The van der Waals surface area contributed by atoms with Gasteiger partial charge in [0.1, 0.15) is 5.84 Å². The van der Waals surface area contributed by atoms with Gasteiger partial charge in [-0.15, -0.1) is 0 Å². The zero-order chi connectivity index (χ0) is 9.40. The molecular weight excluding hydrogens is 150 g/mol. The number of aliphatic imine (C=N–C) groups is 1. The largest absolute Gasteiger partial charge is 0.399 e. The summed E-state index contributed by atoms with van der Waals surface area (Å²) in [6.07, 6.45) is 4.62. The summed E-state index contributed by atoms with van der Waals surface area (Å²) >= 11 is 0. The minimum absolute atomic E-state index is 0.537. The molecule has 0 saturated heterocycles. The molecule has 0 unspecified atom stereocenters. The molecule has 0 aliphatic heterocycles. The van der Waals surface area contributed by atoms with Gasteiger partial charge in [-0.3, -0.25) is 4.99 Å². The first-order valence-electron chi connectivity index (χ1n) is 4.03. The highest BCUT2D eigenvalue weighted by Crippen LogP contribution is 1.83. The van der Waals surface area contributed by atoms with Crippen molar-refractivity contribution < 1.29 is 0 Å². The van der Waals surface area contributed by atoms with E-state index in [9.17, 15) is 0 Å². The lowest BCUT2D eigenvalue weighted by Gasteiger charge is -2.02. The Hall–Kier alpha value is -1.25. The van der Waals surface area contributed by atoms with Crippen molar-refractivity contribution in [2.45, 2.75) is 13.3 Å². The van der Waals surface area contributed by atoms with Gasteiger partial charge < -0.3 is 11.1 Å². The molecule has 0 radical (unpaired) electrons. The summed E-state index contributed by atoms with van der Waals surface area (Å²) in [4.78, 5) is 4.02. The second kappa shape index (κ2) is 6.46. The minimum Gasteiger partial charge on any atom is -0.399 e. The molecule has 0 rings (SSSR count). The van der Waals surface area contributed by atoms with Crippen molar-refractivity contribution in [3.63, 3.8) is 0 Å². The van der Waals surface area contributed by atoms with E-state index in [1.54, 1.807) is 13.1 Å². The first-order valence-corrected chi connectivity index (χ1v) is 4.03. The van der Waals surface area contributed by atoms with Crippen molar-refractivity contribution in [2.75, 3.05) is 13.6 Å². The van der Waals surface area contributed by atoms with Gasteiger partial charge in [0, 0.05) is 19.3 Å². The number of nitrogens with two attached hydrogens (primary N) is 1. The van der Waals surface area contributed by atoms with Crippen LogP contribution >= 0.6 is 0 Å². The maximum atomic E-state index is 5.36. The monoisotopic (exact) mass is 167 g/mol. The Morgan fingerprint density at radius 1 is 1.58 bits per heavy atom. The van der Waals surface area contributed by atoms with Gasteiger partial charge in [0.05, 0.1) is 0 Å². The molecular formula is C9H17N3. The maximum Gasteiger partial charge on any atom is 0.120 e. The standard InChI is InChI=1S/C9H17N3/c1-4-7-12-9(11-3)6-5-8(2)10/h5-6H,2,4,7,10H2,1,3H3,(H,11,12)/b6-5-. The third-order valence-corrected chi connectivity index (χ3v) is 1.25. The quantitative estimate of drug-likeness (QED) is 0.373. The first-order chi connectivity index (χ1) is 5.70. The van der Waals surface area contributed by atoms with E-state index >= 15 is 0 Å². The van der Waals surface area contributed by atoms with Crippen LogP contribution in [-0.4, -0.2) is 19.4 Å². The molecule has 0 fully saturated rings. The van der Waals surface area contributed by atoms with Crippen LogP contribution in [0.2, 0.25) is 0 Å². The highest BCUT2D eigenvalue weighted by atomic mass is 15.0. The molecule has 0 aliphatic carbocycles. The average Bonchev–Trinajstić information content (AvgIpc) is 2.05. The molecule has 0 bridgehead atoms. The Bertz CT molecular complexity index is 192. The van der Waals surface area contributed by atoms with Gasteiger partial charge in [-0.05, 0) is 18.6 Å². The molecule has 0 heterocycles. The van der Waals surface area contributed by atoms with Gasteiger partial charge in [0.25, 0.3) is 0 Å². The van der Waals surface area contributed by atoms with Gasteiger partial charge in [-0.1, -0.05) is 13.5 Å². The third kappa shape index (κ3) is 5.53. The normalized spacial score (nSPS) is 12.0. The van der Waals surface area contributed by atoms with E-state index in [0.717, 1.165) is 18.8 Å². The van der Waals surface area contributed by atoms with Crippen LogP contribution in [0.3, 0.4) is 0 Å². The number of hydrogen-bond acceptors (Lipinski definition) is 2. The van der Waals surface area contributed by atoms with Crippen LogP contribution in [0, 0.1) is 0 Å². The number of amidine groups is 1. The van der Waals surface area contributed by atoms with Crippen molar-refractivity contribution in [3.05, 3.63) is 24.4 Å². The molecule has 0 spiro atoms. The highest BCUT2D eigenvalue weighted by Gasteiger charge is 1.88. The van der Waals surface area contributed by atoms with Crippen LogP contribution in [-0.2, 0) is 0 Å². The Labute approximate surface area is 74.1 Å². The second-order valence-electron chi connectivity index (χ2n) is 2.44. The van der Waals surface area contributed by atoms with Crippen molar-refractivity contribution in [2.24, 2.45) is 10.7 Å². The molecule has 0 aromatic carbocycles. The molecule has 0 saturated carbocycles. The van der Waals surface area contributed by atoms with Crippen molar-refractivity contribution >= 4 is 5.84 Å². The second-order valence-corrected chi connectivity index (χ2v) is 2.44. The van der Waals surface area contributed by atoms with E-state index in [2.05, 4.69) is 23.8 Å². The van der Waals surface area contributed by atoms with Gasteiger partial charge in [0.2, 0.25) is 0 Å². The fourth-order valence-electron chi connectivity index (χ4n) is 0.652. The molecule has 0 atom stereocenters. The molecule has 0 amide bonds. The zero-order valence-corrected chi connectivity index (χ0v) is 7.80. The summed E-state index contributed by atoms with van der Waals surface area (Å²) in [5.41, 5.74) is 5.90. The first kappa shape index (κ1) is 10.8. The van der Waals surface area contributed by atoms with E-state index in [1.165, 1.54) is 0 Å². The number of allylic oxidation sites excluding steroid dienone is 1. The van der Waals surface area contributed by atoms with Crippen LogP contribution in [0.25, 0.3) is 0 Å². The number of nitrogens with one attached hydrogen (secondary N) is 1. The molecule has 68 valence electrons. The number of rotatable bonds is 4. The van der Waals surface area contributed by atoms with Gasteiger partial charge in [-0.25, -0.2) is 0 Å². The lowest BCUT2D eigenvalue weighted by atomic mass is 10.4.